The lowest BCUT2D eigenvalue weighted by atomic mass is 9.72. The molecule has 1 aromatic carbocycles. The maximum atomic E-state index is 12.2. The van der Waals surface area contributed by atoms with E-state index in [0.717, 1.165) is 0 Å². The number of carbonyl (C=O) groups excluding carboxylic acids is 1. The zero-order valence-electron chi connectivity index (χ0n) is 13.2. The van der Waals surface area contributed by atoms with E-state index >= 15 is 0 Å². The summed E-state index contributed by atoms with van der Waals surface area (Å²) in [5, 5.41) is 22.0. The maximum Gasteiger partial charge on any atom is 0.547 e. The van der Waals surface area contributed by atoms with E-state index in [1.807, 2.05) is 0 Å². The van der Waals surface area contributed by atoms with Gasteiger partial charge in [0.1, 0.15) is 11.6 Å². The molecule has 0 saturated carbocycles. The Hall–Kier alpha value is -3.07. The zero-order valence-corrected chi connectivity index (χ0v) is 13.2. The minimum atomic E-state index is -1.33. The zero-order chi connectivity index (χ0) is 18.0. The second kappa shape index (κ2) is 6.82. The van der Waals surface area contributed by atoms with Gasteiger partial charge in [-0.05, 0) is 29.7 Å². The first-order chi connectivity index (χ1) is 11.9. The van der Waals surface area contributed by atoms with E-state index in [2.05, 4.69) is 10.3 Å². The molecule has 0 unspecified atom stereocenters. The van der Waals surface area contributed by atoms with Crippen molar-refractivity contribution >= 4 is 24.8 Å². The maximum absolute atomic E-state index is 12.2. The van der Waals surface area contributed by atoms with Crippen LogP contribution in [0.4, 0.5) is 5.82 Å². The van der Waals surface area contributed by atoms with E-state index in [1.165, 1.54) is 12.3 Å². The van der Waals surface area contributed by atoms with Crippen molar-refractivity contribution in [3.05, 3.63) is 53.2 Å². The van der Waals surface area contributed by atoms with Crippen LogP contribution in [0.15, 0.2) is 36.5 Å². The molecule has 0 bridgehead atoms. The lowest BCUT2D eigenvalue weighted by Gasteiger charge is -2.28. The van der Waals surface area contributed by atoms with Crippen molar-refractivity contribution < 1.29 is 24.4 Å². The van der Waals surface area contributed by atoms with Crippen molar-refractivity contribution in [2.24, 2.45) is 0 Å². The number of aromatic nitrogens is 1. The van der Waals surface area contributed by atoms with Crippen molar-refractivity contribution in [1.29, 1.82) is 0 Å². The molecule has 0 spiro atoms. The molecule has 1 aliphatic heterocycles. The molecule has 2 heterocycles. The van der Waals surface area contributed by atoms with Gasteiger partial charge in [-0.25, -0.2) is 9.78 Å². The standard InChI is InChI=1S/C16H16BN3O5/c18-13-5-4-9(8-19-13)6-14(21)20-12-7-10-2-1-3-11(16(22)23)15(10)25-17(12)24/h1-5,8,12,24H,6-7H2,(H2,18,19)(H,20,21)(H,22,23)/t12-/m0/s1. The van der Waals surface area contributed by atoms with Crippen LogP contribution < -0.4 is 15.7 Å². The third-order valence-electron chi connectivity index (χ3n) is 3.91. The highest BCUT2D eigenvalue weighted by Gasteiger charge is 2.37. The number of hydrogen-bond donors (Lipinski definition) is 4. The topological polar surface area (TPSA) is 135 Å². The summed E-state index contributed by atoms with van der Waals surface area (Å²) in [7, 11) is -1.33. The molecular weight excluding hydrogens is 325 g/mol. The van der Waals surface area contributed by atoms with Crippen LogP contribution in [0.2, 0.25) is 0 Å². The number of carboxylic acids is 1. The van der Waals surface area contributed by atoms with Crippen molar-refractivity contribution in [2.45, 2.75) is 18.8 Å². The molecule has 0 aliphatic carbocycles. The molecule has 0 saturated heterocycles. The van der Waals surface area contributed by atoms with Gasteiger partial charge in [0, 0.05) is 6.20 Å². The Labute approximate surface area is 143 Å². The lowest BCUT2D eigenvalue weighted by Crippen LogP contribution is -2.53. The number of hydrogen-bond acceptors (Lipinski definition) is 6. The Morgan fingerprint density at radius 2 is 2.16 bits per heavy atom. The molecule has 1 aromatic heterocycles. The van der Waals surface area contributed by atoms with Crippen LogP contribution in [0.25, 0.3) is 0 Å². The number of amides is 1. The summed E-state index contributed by atoms with van der Waals surface area (Å²) in [4.78, 5) is 27.3. The molecule has 25 heavy (non-hydrogen) atoms. The highest BCUT2D eigenvalue weighted by molar-refractivity contribution is 6.47. The SMILES string of the molecule is Nc1ccc(CC(=O)N[C@H]2Cc3cccc(C(=O)O)c3OB2O)cn1. The average Bonchev–Trinajstić information content (AvgIpc) is 2.57. The summed E-state index contributed by atoms with van der Waals surface area (Å²) >= 11 is 0. The number of nitrogens with zero attached hydrogens (tertiary/aromatic N) is 1. The van der Waals surface area contributed by atoms with Crippen LogP contribution in [0.1, 0.15) is 21.5 Å². The van der Waals surface area contributed by atoms with Crippen molar-refractivity contribution in [1.82, 2.24) is 10.3 Å². The molecule has 8 nitrogen and oxygen atoms in total. The van der Waals surface area contributed by atoms with Crippen molar-refractivity contribution in [3.8, 4) is 5.75 Å². The second-order valence-corrected chi connectivity index (χ2v) is 5.75. The summed E-state index contributed by atoms with van der Waals surface area (Å²) in [5.74, 6) is -1.62. The molecule has 0 fully saturated rings. The lowest BCUT2D eigenvalue weighted by molar-refractivity contribution is -0.120. The van der Waals surface area contributed by atoms with E-state index in [1.54, 1.807) is 24.3 Å². The highest BCUT2D eigenvalue weighted by atomic mass is 16.5. The quantitative estimate of drug-likeness (QED) is 0.577. The number of benzene rings is 1. The Morgan fingerprint density at radius 1 is 1.36 bits per heavy atom. The number of nitrogens with one attached hydrogen (secondary N) is 1. The minimum absolute atomic E-state index is 0.0192. The van der Waals surface area contributed by atoms with Gasteiger partial charge in [-0.3, -0.25) is 4.79 Å². The molecule has 0 radical (unpaired) electrons. The highest BCUT2D eigenvalue weighted by Crippen LogP contribution is 2.30. The third kappa shape index (κ3) is 3.72. The number of para-hydroxylation sites is 1. The summed E-state index contributed by atoms with van der Waals surface area (Å²) in [6, 6.07) is 8.01. The predicted octanol–water partition coefficient (Wildman–Crippen LogP) is 0.0441. The van der Waals surface area contributed by atoms with Gasteiger partial charge in [0.15, 0.2) is 0 Å². The van der Waals surface area contributed by atoms with Gasteiger partial charge < -0.3 is 25.8 Å². The van der Waals surface area contributed by atoms with Gasteiger partial charge in [0.2, 0.25) is 5.91 Å². The average molecular weight is 341 g/mol. The molecule has 9 heteroatoms. The number of aromatic carboxylic acids is 1. The molecule has 1 amide bonds. The van der Waals surface area contributed by atoms with E-state index in [0.29, 0.717) is 16.9 Å². The number of carboxylic acid groups (broad SMARTS) is 1. The fraction of sp³-hybridized carbons (Fsp3) is 0.188. The van der Waals surface area contributed by atoms with E-state index < -0.39 is 19.0 Å². The first-order valence-corrected chi connectivity index (χ1v) is 7.63. The van der Waals surface area contributed by atoms with Gasteiger partial charge in [-0.15, -0.1) is 0 Å². The fourth-order valence-electron chi connectivity index (χ4n) is 2.70. The molecule has 3 rings (SSSR count). The minimum Gasteiger partial charge on any atom is -0.534 e. The van der Waals surface area contributed by atoms with Crippen LogP contribution in [0.5, 0.6) is 5.75 Å². The normalized spacial score (nSPS) is 15.9. The van der Waals surface area contributed by atoms with Crippen molar-refractivity contribution in [3.63, 3.8) is 0 Å². The molecule has 1 atom stereocenters. The van der Waals surface area contributed by atoms with Crippen molar-refractivity contribution in [2.75, 3.05) is 5.73 Å². The summed E-state index contributed by atoms with van der Waals surface area (Å²) in [6.07, 6.45) is 1.86. The molecule has 5 N–H and O–H groups in total. The summed E-state index contributed by atoms with van der Waals surface area (Å²) < 4.78 is 5.33. The van der Waals surface area contributed by atoms with Gasteiger partial charge in [0.05, 0.1) is 17.9 Å². The Bertz CT molecular complexity index is 812. The first kappa shape index (κ1) is 16.8. The molecular formula is C16H16BN3O5. The summed E-state index contributed by atoms with van der Waals surface area (Å²) in [6.45, 7) is 0. The van der Waals surface area contributed by atoms with Crippen LogP contribution in [-0.2, 0) is 17.6 Å². The molecule has 2 aromatic rings. The Morgan fingerprint density at radius 3 is 2.84 bits per heavy atom. The fourth-order valence-corrected chi connectivity index (χ4v) is 2.70. The van der Waals surface area contributed by atoms with E-state index in [-0.39, 0.29) is 30.1 Å². The Kier molecular flexibility index (Phi) is 4.58. The first-order valence-electron chi connectivity index (χ1n) is 7.63. The second-order valence-electron chi connectivity index (χ2n) is 5.75. The van der Waals surface area contributed by atoms with Gasteiger partial charge >= 0.3 is 13.1 Å². The van der Waals surface area contributed by atoms with Gasteiger partial charge in [-0.2, -0.15) is 0 Å². The third-order valence-corrected chi connectivity index (χ3v) is 3.91. The van der Waals surface area contributed by atoms with Crippen LogP contribution in [-0.4, -0.2) is 40.1 Å². The number of anilines is 1. The van der Waals surface area contributed by atoms with Crippen LogP contribution >= 0.6 is 0 Å². The molecule has 1 aliphatic rings. The number of fused-ring (bicyclic) bond motifs is 1. The predicted molar refractivity (Wildman–Crippen MR) is 90.0 cm³/mol. The van der Waals surface area contributed by atoms with E-state index in [9.17, 15) is 19.7 Å². The number of nitrogens with two attached hydrogens (primary N) is 1. The number of rotatable bonds is 4. The van der Waals surface area contributed by atoms with Gasteiger partial charge in [0.25, 0.3) is 0 Å². The summed E-state index contributed by atoms with van der Waals surface area (Å²) in [5.41, 5.74) is 6.78. The smallest absolute Gasteiger partial charge is 0.534 e. The number of carbonyl (C=O) groups is 2. The number of pyridine rings is 1. The number of nitrogen functional groups attached to an aromatic ring is 1. The van der Waals surface area contributed by atoms with Gasteiger partial charge in [-0.1, -0.05) is 18.2 Å². The van der Waals surface area contributed by atoms with Crippen LogP contribution in [0, 0.1) is 0 Å². The monoisotopic (exact) mass is 341 g/mol. The Balaban J connectivity index is 1.70. The molecule has 128 valence electrons. The van der Waals surface area contributed by atoms with E-state index in [4.69, 9.17) is 10.4 Å². The largest absolute Gasteiger partial charge is 0.547 e. The van der Waals surface area contributed by atoms with Crippen LogP contribution in [0.3, 0.4) is 0 Å².